The van der Waals surface area contributed by atoms with Crippen molar-refractivity contribution >= 4 is 34.0 Å². The number of hydrogen-bond acceptors (Lipinski definition) is 3. The van der Waals surface area contributed by atoms with E-state index >= 15 is 0 Å². The zero-order valence-corrected chi connectivity index (χ0v) is 9.71. The van der Waals surface area contributed by atoms with Crippen molar-refractivity contribution < 1.29 is 9.53 Å². The molecule has 0 bridgehead atoms. The summed E-state index contributed by atoms with van der Waals surface area (Å²) in [7, 11) is 0. The van der Waals surface area contributed by atoms with Crippen molar-refractivity contribution in [2.24, 2.45) is 0 Å². The van der Waals surface area contributed by atoms with E-state index in [9.17, 15) is 4.79 Å². The molecule has 0 atom stereocenters. The molecule has 14 heavy (non-hydrogen) atoms. The molecule has 76 valence electrons. The summed E-state index contributed by atoms with van der Waals surface area (Å²) in [6.45, 7) is 0.774. The van der Waals surface area contributed by atoms with Crippen molar-refractivity contribution in [3.63, 3.8) is 0 Å². The van der Waals surface area contributed by atoms with Crippen LogP contribution in [0.2, 0.25) is 5.02 Å². The predicted octanol–water partition coefficient (Wildman–Crippen LogP) is 2.35. The van der Waals surface area contributed by atoms with Gasteiger partial charge in [-0.2, -0.15) is 0 Å². The Morgan fingerprint density at radius 1 is 1.57 bits per heavy atom. The van der Waals surface area contributed by atoms with Gasteiger partial charge < -0.3 is 4.74 Å². The van der Waals surface area contributed by atoms with Crippen molar-refractivity contribution in [1.29, 1.82) is 0 Å². The average molecular weight is 279 g/mol. The number of ether oxygens (including phenoxy) is 1. The number of pyridine rings is 1. The van der Waals surface area contributed by atoms with E-state index in [1.807, 2.05) is 0 Å². The number of rotatable bonds is 5. The zero-order valence-electron chi connectivity index (χ0n) is 7.37. The van der Waals surface area contributed by atoms with Crippen molar-refractivity contribution in [3.8, 4) is 0 Å². The third kappa shape index (κ3) is 2.96. The second kappa shape index (κ2) is 5.98. The first-order valence-corrected chi connectivity index (χ1v) is 5.52. The van der Waals surface area contributed by atoms with Crippen LogP contribution in [0, 0.1) is 0 Å². The Morgan fingerprint density at radius 2 is 2.36 bits per heavy atom. The highest BCUT2D eigenvalue weighted by atomic mass is 79.9. The lowest BCUT2D eigenvalue weighted by molar-refractivity contribution is -0.128. The van der Waals surface area contributed by atoms with Crippen LogP contribution in [0.4, 0.5) is 0 Å². The first-order chi connectivity index (χ1) is 6.79. The van der Waals surface area contributed by atoms with E-state index in [2.05, 4.69) is 25.7 Å². The Balaban J connectivity index is 2.76. The van der Waals surface area contributed by atoms with Crippen LogP contribution in [0.3, 0.4) is 0 Å². The summed E-state index contributed by atoms with van der Waals surface area (Å²) < 4.78 is 4.62. The molecule has 5 heteroatoms. The predicted molar refractivity (Wildman–Crippen MR) is 57.6 cm³/mol. The molecule has 0 aliphatic heterocycles. The highest BCUT2D eigenvalue weighted by Crippen LogP contribution is 2.21. The van der Waals surface area contributed by atoms with Gasteiger partial charge in [0, 0.05) is 24.1 Å². The summed E-state index contributed by atoms with van der Waals surface area (Å²) in [4.78, 5) is 13.9. The van der Waals surface area contributed by atoms with E-state index < -0.39 is 0 Å². The summed E-state index contributed by atoms with van der Waals surface area (Å²) in [6, 6.07) is 0. The number of hydrogen-bond donors (Lipinski definition) is 0. The summed E-state index contributed by atoms with van der Waals surface area (Å²) in [5.41, 5.74) is 1.99. The molecule has 0 radical (unpaired) electrons. The molecule has 0 aliphatic rings. The van der Waals surface area contributed by atoms with Gasteiger partial charge in [-0.3, -0.25) is 9.78 Å². The maximum Gasteiger partial charge on any atom is 0.293 e. The van der Waals surface area contributed by atoms with Crippen LogP contribution in [0.5, 0.6) is 0 Å². The van der Waals surface area contributed by atoms with Gasteiger partial charge in [-0.1, -0.05) is 27.5 Å². The first-order valence-electron chi connectivity index (χ1n) is 4.02. The monoisotopic (exact) mass is 277 g/mol. The Bertz CT molecular complexity index is 320. The van der Waals surface area contributed by atoms with E-state index in [-0.39, 0.29) is 0 Å². The molecule has 1 aromatic heterocycles. The molecule has 0 saturated carbocycles. The molecule has 0 aliphatic carbocycles. The number of alkyl halides is 1. The first kappa shape index (κ1) is 11.5. The fraction of sp³-hybridized carbons (Fsp3) is 0.333. The second-order valence-corrected chi connectivity index (χ2v) is 3.58. The number of nitrogens with zero attached hydrogens (tertiary/aromatic N) is 1. The third-order valence-electron chi connectivity index (χ3n) is 1.78. The highest BCUT2D eigenvalue weighted by Gasteiger charge is 2.06. The van der Waals surface area contributed by atoms with Gasteiger partial charge in [-0.05, 0) is 11.1 Å². The van der Waals surface area contributed by atoms with Crippen LogP contribution in [0.25, 0.3) is 0 Å². The summed E-state index contributed by atoms with van der Waals surface area (Å²) in [6.07, 6.45) is 3.95. The Labute approximate surface area is 95.6 Å². The van der Waals surface area contributed by atoms with Crippen LogP contribution < -0.4 is 0 Å². The van der Waals surface area contributed by atoms with E-state index in [0.29, 0.717) is 29.9 Å². The zero-order chi connectivity index (χ0) is 10.4. The van der Waals surface area contributed by atoms with Crippen LogP contribution in [-0.4, -0.2) is 18.1 Å². The van der Waals surface area contributed by atoms with Gasteiger partial charge in [-0.15, -0.1) is 0 Å². The maximum atomic E-state index is 9.96. The van der Waals surface area contributed by atoms with Crippen LogP contribution in [0.1, 0.15) is 11.1 Å². The molecular formula is C9H9BrClNO2. The van der Waals surface area contributed by atoms with Gasteiger partial charge in [0.25, 0.3) is 6.47 Å². The van der Waals surface area contributed by atoms with Crippen molar-refractivity contribution in [3.05, 3.63) is 28.5 Å². The van der Waals surface area contributed by atoms with E-state index in [0.717, 1.165) is 11.1 Å². The van der Waals surface area contributed by atoms with Gasteiger partial charge >= 0.3 is 0 Å². The minimum absolute atomic E-state index is 0.341. The number of carbonyl (C=O) groups excluding carboxylic acids is 1. The van der Waals surface area contributed by atoms with Crippen LogP contribution in [-0.2, 0) is 21.3 Å². The van der Waals surface area contributed by atoms with Crippen LogP contribution >= 0.6 is 27.5 Å². The standard InChI is InChI=1S/C9H9BrClNO2/c10-3-7-4-12-5-9(11)8(7)1-2-14-6-13/h4-6H,1-3H2. The van der Waals surface area contributed by atoms with Gasteiger partial charge in [0.2, 0.25) is 0 Å². The van der Waals surface area contributed by atoms with Gasteiger partial charge in [0.1, 0.15) is 0 Å². The van der Waals surface area contributed by atoms with Gasteiger partial charge in [0.15, 0.2) is 0 Å². The van der Waals surface area contributed by atoms with Crippen molar-refractivity contribution in [2.75, 3.05) is 6.61 Å². The largest absolute Gasteiger partial charge is 0.468 e. The number of carbonyl (C=O) groups is 1. The minimum atomic E-state index is 0.341. The van der Waals surface area contributed by atoms with Crippen LogP contribution in [0.15, 0.2) is 12.4 Å². The number of aromatic nitrogens is 1. The SMILES string of the molecule is O=COCCc1c(Cl)cncc1CBr. The molecule has 0 spiro atoms. The molecule has 0 N–H and O–H groups in total. The summed E-state index contributed by atoms with van der Waals surface area (Å²) in [5, 5.41) is 1.30. The topological polar surface area (TPSA) is 39.2 Å². The molecule has 0 unspecified atom stereocenters. The highest BCUT2D eigenvalue weighted by molar-refractivity contribution is 9.08. The minimum Gasteiger partial charge on any atom is -0.468 e. The normalized spacial score (nSPS) is 9.86. The van der Waals surface area contributed by atoms with E-state index in [1.54, 1.807) is 12.4 Å². The van der Waals surface area contributed by atoms with Crippen molar-refractivity contribution in [2.45, 2.75) is 11.8 Å². The molecule has 0 amide bonds. The molecule has 3 nitrogen and oxygen atoms in total. The molecule has 1 rings (SSSR count). The fourth-order valence-electron chi connectivity index (χ4n) is 1.11. The molecular weight excluding hydrogens is 269 g/mol. The third-order valence-corrected chi connectivity index (χ3v) is 2.71. The molecule has 1 heterocycles. The molecule has 0 saturated heterocycles. The smallest absolute Gasteiger partial charge is 0.293 e. The Morgan fingerprint density at radius 3 is 3.00 bits per heavy atom. The summed E-state index contributed by atoms with van der Waals surface area (Å²) in [5.74, 6) is 0. The number of halogens is 2. The quantitative estimate of drug-likeness (QED) is 0.471. The molecule has 0 aromatic carbocycles. The maximum absolute atomic E-state index is 9.96. The Hall–Kier alpha value is -0.610. The molecule has 0 fully saturated rings. The molecule has 1 aromatic rings. The Kier molecular flexibility index (Phi) is 4.90. The lowest BCUT2D eigenvalue weighted by Crippen LogP contribution is -2.01. The van der Waals surface area contributed by atoms with Gasteiger partial charge in [0.05, 0.1) is 11.6 Å². The second-order valence-electron chi connectivity index (χ2n) is 2.61. The van der Waals surface area contributed by atoms with E-state index in [1.165, 1.54) is 0 Å². The van der Waals surface area contributed by atoms with Crippen molar-refractivity contribution in [1.82, 2.24) is 4.98 Å². The lowest BCUT2D eigenvalue weighted by atomic mass is 10.1. The van der Waals surface area contributed by atoms with E-state index in [4.69, 9.17) is 11.6 Å². The lowest BCUT2D eigenvalue weighted by Gasteiger charge is -2.07. The summed E-state index contributed by atoms with van der Waals surface area (Å²) >= 11 is 9.30. The average Bonchev–Trinajstić information content (AvgIpc) is 2.20. The van der Waals surface area contributed by atoms with Gasteiger partial charge in [-0.25, -0.2) is 0 Å². The fourth-order valence-corrected chi connectivity index (χ4v) is 1.86.